The lowest BCUT2D eigenvalue weighted by atomic mass is 10.0. The molecule has 3 heteroatoms. The molecule has 0 bridgehead atoms. The number of rotatable bonds is 6. The molecule has 2 aromatic rings. The highest BCUT2D eigenvalue weighted by Crippen LogP contribution is 2.16. The summed E-state index contributed by atoms with van der Waals surface area (Å²) in [6, 6.07) is 10.8. The molecule has 1 aromatic carbocycles. The van der Waals surface area contributed by atoms with E-state index in [1.54, 1.807) is 0 Å². The number of nitrogens with zero attached hydrogens (tertiary/aromatic N) is 2. The maximum absolute atomic E-state index is 6.35. The minimum absolute atomic E-state index is 0.0611. The molecule has 1 unspecified atom stereocenters. The lowest BCUT2D eigenvalue weighted by molar-refractivity contribution is 0.316. The second kappa shape index (κ2) is 7.34. The SMILES string of the molecule is Cc1cc(C)cc(C(N)CN(C)CCc2ccncc2)c1. The van der Waals surface area contributed by atoms with Crippen molar-refractivity contribution in [3.63, 3.8) is 0 Å². The smallest absolute Gasteiger partial charge is 0.0424 e. The van der Waals surface area contributed by atoms with Crippen LogP contribution in [0.5, 0.6) is 0 Å². The molecule has 0 spiro atoms. The molecule has 2 N–H and O–H groups in total. The molecule has 1 heterocycles. The fourth-order valence-corrected chi connectivity index (χ4v) is 2.63. The molecule has 0 saturated carbocycles. The fourth-order valence-electron chi connectivity index (χ4n) is 2.63. The Bertz CT molecular complexity index is 546. The number of pyridine rings is 1. The van der Waals surface area contributed by atoms with Gasteiger partial charge in [0.05, 0.1) is 0 Å². The van der Waals surface area contributed by atoms with Crippen molar-refractivity contribution >= 4 is 0 Å². The van der Waals surface area contributed by atoms with Crippen LogP contribution >= 0.6 is 0 Å². The minimum Gasteiger partial charge on any atom is -0.323 e. The van der Waals surface area contributed by atoms with E-state index in [4.69, 9.17) is 5.73 Å². The van der Waals surface area contributed by atoms with Crippen LogP contribution in [0, 0.1) is 13.8 Å². The van der Waals surface area contributed by atoms with Gasteiger partial charge in [0, 0.05) is 31.5 Å². The van der Waals surface area contributed by atoms with E-state index in [0.29, 0.717) is 0 Å². The van der Waals surface area contributed by atoms with Gasteiger partial charge in [0.1, 0.15) is 0 Å². The van der Waals surface area contributed by atoms with Crippen LogP contribution in [0.3, 0.4) is 0 Å². The molecular weight excluding hydrogens is 258 g/mol. The first-order valence-electron chi connectivity index (χ1n) is 7.46. The van der Waals surface area contributed by atoms with Crippen LogP contribution in [-0.2, 0) is 6.42 Å². The summed E-state index contributed by atoms with van der Waals surface area (Å²) in [6.45, 7) is 6.11. The third kappa shape index (κ3) is 4.96. The van der Waals surface area contributed by atoms with Gasteiger partial charge in [-0.1, -0.05) is 29.3 Å². The number of aromatic nitrogens is 1. The molecule has 0 saturated heterocycles. The highest BCUT2D eigenvalue weighted by molar-refractivity contribution is 5.30. The van der Waals surface area contributed by atoms with Crippen LogP contribution in [-0.4, -0.2) is 30.0 Å². The summed E-state index contributed by atoms with van der Waals surface area (Å²) < 4.78 is 0. The summed E-state index contributed by atoms with van der Waals surface area (Å²) in [6.07, 6.45) is 4.71. The molecule has 0 radical (unpaired) electrons. The standard InChI is InChI=1S/C18H25N3/c1-14-10-15(2)12-17(11-14)18(19)13-21(3)9-6-16-4-7-20-8-5-16/h4-5,7-8,10-12,18H,6,9,13,19H2,1-3H3. The Kier molecular flexibility index (Phi) is 5.48. The number of hydrogen-bond acceptors (Lipinski definition) is 3. The van der Waals surface area contributed by atoms with E-state index in [0.717, 1.165) is 19.5 Å². The quantitative estimate of drug-likeness (QED) is 0.886. The summed E-state index contributed by atoms with van der Waals surface area (Å²) in [5, 5.41) is 0. The lowest BCUT2D eigenvalue weighted by Gasteiger charge is -2.22. The molecule has 0 aliphatic carbocycles. The van der Waals surface area contributed by atoms with E-state index in [1.165, 1.54) is 22.3 Å². The van der Waals surface area contributed by atoms with Crippen molar-refractivity contribution in [2.24, 2.45) is 5.73 Å². The molecule has 0 aliphatic heterocycles. The Morgan fingerprint density at radius 2 is 1.71 bits per heavy atom. The van der Waals surface area contributed by atoms with Crippen LogP contribution < -0.4 is 5.73 Å². The first-order chi connectivity index (χ1) is 10.0. The number of aryl methyl sites for hydroxylation is 2. The van der Waals surface area contributed by atoms with Crippen molar-refractivity contribution in [2.45, 2.75) is 26.3 Å². The van der Waals surface area contributed by atoms with Crippen LogP contribution in [0.25, 0.3) is 0 Å². The van der Waals surface area contributed by atoms with Crippen molar-refractivity contribution < 1.29 is 0 Å². The molecule has 112 valence electrons. The average Bonchev–Trinajstić information content (AvgIpc) is 2.45. The van der Waals surface area contributed by atoms with Crippen molar-refractivity contribution in [3.05, 3.63) is 65.0 Å². The number of hydrogen-bond donors (Lipinski definition) is 1. The molecule has 0 aliphatic rings. The number of nitrogens with two attached hydrogens (primary N) is 1. The van der Waals surface area contributed by atoms with Gasteiger partial charge < -0.3 is 10.6 Å². The number of likely N-dealkylation sites (N-methyl/N-ethyl adjacent to an activating group) is 1. The second-order valence-corrected chi connectivity index (χ2v) is 5.90. The molecular formula is C18H25N3. The van der Waals surface area contributed by atoms with Gasteiger partial charge in [-0.05, 0) is 50.6 Å². The number of benzene rings is 1. The van der Waals surface area contributed by atoms with Crippen molar-refractivity contribution in [2.75, 3.05) is 20.1 Å². The monoisotopic (exact) mass is 283 g/mol. The first-order valence-corrected chi connectivity index (χ1v) is 7.46. The molecule has 1 atom stereocenters. The van der Waals surface area contributed by atoms with Gasteiger partial charge in [-0.15, -0.1) is 0 Å². The van der Waals surface area contributed by atoms with E-state index in [2.05, 4.69) is 61.1 Å². The van der Waals surface area contributed by atoms with Gasteiger partial charge in [0.2, 0.25) is 0 Å². The van der Waals surface area contributed by atoms with Gasteiger partial charge in [0.25, 0.3) is 0 Å². The fraction of sp³-hybridized carbons (Fsp3) is 0.389. The highest BCUT2D eigenvalue weighted by atomic mass is 15.1. The van der Waals surface area contributed by atoms with Gasteiger partial charge in [-0.25, -0.2) is 0 Å². The van der Waals surface area contributed by atoms with Crippen LogP contribution in [0.1, 0.15) is 28.3 Å². The van der Waals surface area contributed by atoms with Crippen molar-refractivity contribution in [1.82, 2.24) is 9.88 Å². The zero-order valence-corrected chi connectivity index (χ0v) is 13.2. The van der Waals surface area contributed by atoms with E-state index in [9.17, 15) is 0 Å². The lowest BCUT2D eigenvalue weighted by Crippen LogP contribution is -2.30. The summed E-state index contributed by atoms with van der Waals surface area (Å²) in [7, 11) is 2.13. The Morgan fingerprint density at radius 3 is 2.33 bits per heavy atom. The van der Waals surface area contributed by atoms with E-state index >= 15 is 0 Å². The molecule has 3 nitrogen and oxygen atoms in total. The van der Waals surface area contributed by atoms with E-state index in [1.807, 2.05) is 12.4 Å². The Labute approximate surface area is 127 Å². The highest BCUT2D eigenvalue weighted by Gasteiger charge is 2.10. The topological polar surface area (TPSA) is 42.1 Å². The van der Waals surface area contributed by atoms with Crippen LogP contribution in [0.2, 0.25) is 0 Å². The molecule has 21 heavy (non-hydrogen) atoms. The zero-order chi connectivity index (χ0) is 15.2. The maximum atomic E-state index is 6.35. The van der Waals surface area contributed by atoms with Gasteiger partial charge >= 0.3 is 0 Å². The largest absolute Gasteiger partial charge is 0.323 e. The maximum Gasteiger partial charge on any atom is 0.0424 e. The summed E-state index contributed by atoms with van der Waals surface area (Å²) in [5.41, 5.74) is 11.4. The van der Waals surface area contributed by atoms with E-state index in [-0.39, 0.29) is 6.04 Å². The second-order valence-electron chi connectivity index (χ2n) is 5.90. The third-order valence-electron chi connectivity index (χ3n) is 3.71. The third-order valence-corrected chi connectivity index (χ3v) is 3.71. The van der Waals surface area contributed by atoms with Crippen LogP contribution in [0.15, 0.2) is 42.7 Å². The van der Waals surface area contributed by atoms with Crippen molar-refractivity contribution in [1.29, 1.82) is 0 Å². The molecule has 1 aromatic heterocycles. The summed E-state index contributed by atoms with van der Waals surface area (Å²) in [4.78, 5) is 6.34. The Hall–Kier alpha value is -1.71. The summed E-state index contributed by atoms with van der Waals surface area (Å²) in [5.74, 6) is 0. The molecule has 2 rings (SSSR count). The van der Waals surface area contributed by atoms with Crippen LogP contribution in [0.4, 0.5) is 0 Å². The summed E-state index contributed by atoms with van der Waals surface area (Å²) >= 11 is 0. The normalized spacial score (nSPS) is 12.6. The van der Waals surface area contributed by atoms with E-state index < -0.39 is 0 Å². The Balaban J connectivity index is 1.88. The molecule has 0 fully saturated rings. The zero-order valence-electron chi connectivity index (χ0n) is 13.2. The van der Waals surface area contributed by atoms with Gasteiger partial charge in [-0.2, -0.15) is 0 Å². The van der Waals surface area contributed by atoms with Crippen molar-refractivity contribution in [3.8, 4) is 0 Å². The predicted molar refractivity (Wildman–Crippen MR) is 88.3 cm³/mol. The van der Waals surface area contributed by atoms with Gasteiger partial charge in [0.15, 0.2) is 0 Å². The predicted octanol–water partition coefficient (Wildman–Crippen LogP) is 2.87. The molecule has 0 amide bonds. The van der Waals surface area contributed by atoms with Gasteiger partial charge in [-0.3, -0.25) is 4.98 Å². The average molecular weight is 283 g/mol. The minimum atomic E-state index is 0.0611. The first kappa shape index (κ1) is 15.7. The Morgan fingerprint density at radius 1 is 1.10 bits per heavy atom.